The fourth-order valence-corrected chi connectivity index (χ4v) is 6.20. The summed E-state index contributed by atoms with van der Waals surface area (Å²) in [4.78, 5) is 34.2. The van der Waals surface area contributed by atoms with Crippen molar-refractivity contribution in [1.82, 2.24) is 14.8 Å². The van der Waals surface area contributed by atoms with Crippen molar-refractivity contribution >= 4 is 23.3 Å². The Hall–Kier alpha value is -1.63. The first kappa shape index (κ1) is 21.6. The lowest BCUT2D eigenvalue weighted by Gasteiger charge is -2.43. The van der Waals surface area contributed by atoms with E-state index < -0.39 is 5.60 Å². The molecular formula is C23H35N3O3S. The molecule has 4 rings (SSSR count). The molecule has 2 aliphatic heterocycles. The Morgan fingerprint density at radius 3 is 2.47 bits per heavy atom. The summed E-state index contributed by atoms with van der Waals surface area (Å²) in [6.07, 6.45) is 8.87. The second kappa shape index (κ2) is 8.85. The standard InChI is InChI=1S/C23H35N3O3S/c1-23(2,3)29-22(28)25-13-10-17(11-14-25)20-24-18(15-30-20)21(27)26-12-6-8-16-7-4-5-9-19(16)26/h15-17,19H,4-14H2,1-3H3. The topological polar surface area (TPSA) is 62.7 Å². The van der Waals surface area contributed by atoms with Gasteiger partial charge in [-0.1, -0.05) is 12.8 Å². The summed E-state index contributed by atoms with van der Waals surface area (Å²) in [6, 6.07) is 0.419. The molecule has 166 valence electrons. The minimum absolute atomic E-state index is 0.125. The van der Waals surface area contributed by atoms with Crippen molar-refractivity contribution in [3.63, 3.8) is 0 Å². The molecule has 1 aromatic rings. The van der Waals surface area contributed by atoms with Gasteiger partial charge in [-0.2, -0.15) is 0 Å². The number of fused-ring (bicyclic) bond motifs is 1. The van der Waals surface area contributed by atoms with Crippen LogP contribution >= 0.6 is 11.3 Å². The molecule has 1 aromatic heterocycles. The predicted octanol–water partition coefficient (Wildman–Crippen LogP) is 5.05. The van der Waals surface area contributed by atoms with Crippen LogP contribution in [0.25, 0.3) is 0 Å². The average molecular weight is 434 g/mol. The summed E-state index contributed by atoms with van der Waals surface area (Å²) in [7, 11) is 0. The second-order valence-corrected chi connectivity index (χ2v) is 11.0. The van der Waals surface area contributed by atoms with Gasteiger partial charge >= 0.3 is 6.09 Å². The van der Waals surface area contributed by atoms with E-state index in [1.807, 2.05) is 26.2 Å². The van der Waals surface area contributed by atoms with Crippen molar-refractivity contribution in [2.24, 2.45) is 5.92 Å². The van der Waals surface area contributed by atoms with E-state index in [1.165, 1.54) is 25.7 Å². The third-order valence-electron chi connectivity index (χ3n) is 6.74. The van der Waals surface area contributed by atoms with Crippen LogP contribution in [0, 0.1) is 5.92 Å². The van der Waals surface area contributed by atoms with Crippen LogP contribution < -0.4 is 0 Å². The fourth-order valence-electron chi connectivity index (χ4n) is 5.23. The minimum atomic E-state index is -0.468. The maximum atomic E-state index is 13.2. The molecule has 0 bridgehead atoms. The molecule has 1 saturated carbocycles. The van der Waals surface area contributed by atoms with Gasteiger partial charge in [0.15, 0.2) is 0 Å². The number of nitrogens with zero attached hydrogens (tertiary/aromatic N) is 3. The van der Waals surface area contributed by atoms with E-state index in [-0.39, 0.29) is 12.0 Å². The van der Waals surface area contributed by atoms with E-state index >= 15 is 0 Å². The van der Waals surface area contributed by atoms with Crippen LogP contribution in [0.5, 0.6) is 0 Å². The molecule has 3 fully saturated rings. The molecule has 6 nitrogen and oxygen atoms in total. The van der Waals surface area contributed by atoms with Gasteiger partial charge in [0.1, 0.15) is 11.3 Å². The number of piperidine rings is 2. The maximum Gasteiger partial charge on any atom is 0.410 e. The molecule has 2 amide bonds. The van der Waals surface area contributed by atoms with Gasteiger partial charge in [0.05, 0.1) is 5.01 Å². The van der Waals surface area contributed by atoms with Gasteiger partial charge in [0.2, 0.25) is 0 Å². The molecule has 3 heterocycles. The highest BCUT2D eigenvalue weighted by molar-refractivity contribution is 7.09. The molecule has 2 unspecified atom stereocenters. The lowest BCUT2D eigenvalue weighted by atomic mass is 9.78. The van der Waals surface area contributed by atoms with E-state index in [0.717, 1.165) is 37.2 Å². The van der Waals surface area contributed by atoms with Crippen molar-refractivity contribution in [3.05, 3.63) is 16.1 Å². The third kappa shape index (κ3) is 4.82. The average Bonchev–Trinajstić information content (AvgIpc) is 3.22. The first-order valence-electron chi connectivity index (χ1n) is 11.6. The number of thiazole rings is 1. The molecule has 0 radical (unpaired) electrons. The summed E-state index contributed by atoms with van der Waals surface area (Å²) >= 11 is 1.60. The molecule has 1 aliphatic carbocycles. The zero-order chi connectivity index (χ0) is 21.3. The zero-order valence-corrected chi connectivity index (χ0v) is 19.4. The summed E-state index contributed by atoms with van der Waals surface area (Å²) in [5, 5.41) is 2.99. The van der Waals surface area contributed by atoms with Crippen molar-refractivity contribution in [2.45, 2.75) is 89.7 Å². The molecule has 0 N–H and O–H groups in total. The van der Waals surface area contributed by atoms with Crippen LogP contribution in [0.1, 0.15) is 93.6 Å². The van der Waals surface area contributed by atoms with Gasteiger partial charge in [-0.3, -0.25) is 4.79 Å². The lowest BCUT2D eigenvalue weighted by Crippen LogP contribution is -2.49. The molecular weight excluding hydrogens is 398 g/mol. The first-order chi connectivity index (χ1) is 14.3. The second-order valence-electron chi connectivity index (χ2n) is 10.1. The summed E-state index contributed by atoms with van der Waals surface area (Å²) in [5.41, 5.74) is 0.153. The highest BCUT2D eigenvalue weighted by atomic mass is 32.1. The van der Waals surface area contributed by atoms with Gasteiger partial charge in [0, 0.05) is 37.0 Å². The van der Waals surface area contributed by atoms with E-state index in [0.29, 0.717) is 36.7 Å². The number of rotatable bonds is 2. The first-order valence-corrected chi connectivity index (χ1v) is 12.4. The maximum absolute atomic E-state index is 13.2. The monoisotopic (exact) mass is 433 g/mol. The van der Waals surface area contributed by atoms with Crippen LogP contribution in [0.3, 0.4) is 0 Å². The van der Waals surface area contributed by atoms with E-state index in [9.17, 15) is 9.59 Å². The van der Waals surface area contributed by atoms with Crippen LogP contribution in [0.15, 0.2) is 5.38 Å². The normalized spacial score (nSPS) is 25.7. The van der Waals surface area contributed by atoms with E-state index in [1.54, 1.807) is 16.2 Å². The number of aromatic nitrogens is 1. The predicted molar refractivity (Wildman–Crippen MR) is 118 cm³/mol. The number of hydrogen-bond acceptors (Lipinski definition) is 5. The van der Waals surface area contributed by atoms with Crippen molar-refractivity contribution in [1.29, 1.82) is 0 Å². The molecule has 0 spiro atoms. The Morgan fingerprint density at radius 2 is 1.73 bits per heavy atom. The van der Waals surface area contributed by atoms with Gasteiger partial charge in [0.25, 0.3) is 5.91 Å². The van der Waals surface area contributed by atoms with Crippen molar-refractivity contribution in [3.8, 4) is 0 Å². The third-order valence-corrected chi connectivity index (χ3v) is 7.75. The Morgan fingerprint density at radius 1 is 1.03 bits per heavy atom. The van der Waals surface area contributed by atoms with E-state index in [2.05, 4.69) is 4.90 Å². The molecule has 2 atom stereocenters. The zero-order valence-electron chi connectivity index (χ0n) is 18.6. The SMILES string of the molecule is CC(C)(C)OC(=O)N1CCC(c2nc(C(=O)N3CCCC4CCCCC43)cs2)CC1. The number of amides is 2. The van der Waals surface area contributed by atoms with Gasteiger partial charge in [-0.05, 0) is 65.2 Å². The van der Waals surface area contributed by atoms with Crippen LogP contribution in [-0.2, 0) is 4.74 Å². The molecule has 2 saturated heterocycles. The summed E-state index contributed by atoms with van der Waals surface area (Å²) in [6.45, 7) is 7.91. The van der Waals surface area contributed by atoms with Gasteiger partial charge in [-0.25, -0.2) is 9.78 Å². The van der Waals surface area contributed by atoms with Gasteiger partial charge in [-0.15, -0.1) is 11.3 Å². The Kier molecular flexibility index (Phi) is 6.37. The minimum Gasteiger partial charge on any atom is -0.444 e. The fraction of sp³-hybridized carbons (Fsp3) is 0.783. The summed E-state index contributed by atoms with van der Waals surface area (Å²) < 4.78 is 5.49. The number of carbonyl (C=O) groups is 2. The molecule has 3 aliphatic rings. The summed E-state index contributed by atoms with van der Waals surface area (Å²) in [5.74, 6) is 1.13. The number of carbonyl (C=O) groups excluding carboxylic acids is 2. The highest BCUT2D eigenvalue weighted by Gasteiger charge is 2.37. The van der Waals surface area contributed by atoms with E-state index in [4.69, 9.17) is 9.72 Å². The molecule has 7 heteroatoms. The van der Waals surface area contributed by atoms with Crippen molar-refractivity contribution in [2.75, 3.05) is 19.6 Å². The molecule has 0 aromatic carbocycles. The van der Waals surface area contributed by atoms with Crippen LogP contribution in [0.2, 0.25) is 0 Å². The lowest BCUT2D eigenvalue weighted by molar-refractivity contribution is 0.0204. The van der Waals surface area contributed by atoms with Gasteiger partial charge < -0.3 is 14.5 Å². The van der Waals surface area contributed by atoms with Crippen molar-refractivity contribution < 1.29 is 14.3 Å². The number of hydrogen-bond donors (Lipinski definition) is 0. The highest BCUT2D eigenvalue weighted by Crippen LogP contribution is 2.37. The number of likely N-dealkylation sites (tertiary alicyclic amines) is 2. The quantitative estimate of drug-likeness (QED) is 0.654. The Bertz CT molecular complexity index is 762. The van der Waals surface area contributed by atoms with Crippen LogP contribution in [0.4, 0.5) is 4.79 Å². The number of ether oxygens (including phenoxy) is 1. The largest absolute Gasteiger partial charge is 0.444 e. The Labute approximate surface area is 184 Å². The smallest absolute Gasteiger partial charge is 0.410 e. The van der Waals surface area contributed by atoms with Crippen LogP contribution in [-0.4, -0.2) is 58.1 Å². The Balaban J connectivity index is 1.35. The molecule has 30 heavy (non-hydrogen) atoms.